The van der Waals surface area contributed by atoms with Crippen LogP contribution in [0, 0.1) is 6.92 Å². The number of benzene rings is 1. The van der Waals surface area contributed by atoms with Crippen LogP contribution in [0.2, 0.25) is 0 Å². The summed E-state index contributed by atoms with van der Waals surface area (Å²) >= 11 is 5.21. The van der Waals surface area contributed by atoms with Gasteiger partial charge in [0.2, 0.25) is 0 Å². The van der Waals surface area contributed by atoms with Gasteiger partial charge in [-0.1, -0.05) is 22.0 Å². The van der Waals surface area contributed by atoms with E-state index in [0.29, 0.717) is 0 Å². The molecule has 0 saturated carbocycles. The van der Waals surface area contributed by atoms with Crippen molar-refractivity contribution in [2.75, 3.05) is 5.32 Å². The van der Waals surface area contributed by atoms with E-state index in [2.05, 4.69) is 63.2 Å². The predicted molar refractivity (Wildman–Crippen MR) is 70.5 cm³/mol. The fourth-order valence-corrected chi connectivity index (χ4v) is 2.40. The second kappa shape index (κ2) is 4.81. The van der Waals surface area contributed by atoms with Crippen LogP contribution in [0.5, 0.6) is 0 Å². The SMILES string of the molecule is Cc1ccc(Br)cc1NCc1ccsc1. The topological polar surface area (TPSA) is 12.0 Å². The Morgan fingerprint density at radius 2 is 2.20 bits per heavy atom. The predicted octanol–water partition coefficient (Wildman–Crippen LogP) is 4.43. The Morgan fingerprint density at radius 1 is 1.33 bits per heavy atom. The molecule has 3 heteroatoms. The lowest BCUT2D eigenvalue weighted by molar-refractivity contribution is 1.15. The highest BCUT2D eigenvalue weighted by Gasteiger charge is 1.99. The minimum atomic E-state index is 0.890. The van der Waals surface area contributed by atoms with Gasteiger partial charge in [0.15, 0.2) is 0 Å². The van der Waals surface area contributed by atoms with E-state index in [0.717, 1.165) is 11.0 Å². The monoisotopic (exact) mass is 281 g/mol. The van der Waals surface area contributed by atoms with Crippen molar-refractivity contribution in [1.29, 1.82) is 0 Å². The number of nitrogens with one attached hydrogen (secondary N) is 1. The van der Waals surface area contributed by atoms with Crippen molar-refractivity contribution < 1.29 is 0 Å². The maximum absolute atomic E-state index is 3.48. The Morgan fingerprint density at radius 3 is 2.93 bits per heavy atom. The van der Waals surface area contributed by atoms with Crippen LogP contribution in [0.3, 0.4) is 0 Å². The molecule has 0 amide bonds. The zero-order valence-electron chi connectivity index (χ0n) is 8.46. The van der Waals surface area contributed by atoms with Crippen molar-refractivity contribution in [3.8, 4) is 0 Å². The number of aryl methyl sites for hydroxylation is 1. The van der Waals surface area contributed by atoms with Crippen LogP contribution in [-0.4, -0.2) is 0 Å². The smallest absolute Gasteiger partial charge is 0.0409 e. The van der Waals surface area contributed by atoms with E-state index in [-0.39, 0.29) is 0 Å². The van der Waals surface area contributed by atoms with E-state index in [9.17, 15) is 0 Å². The van der Waals surface area contributed by atoms with E-state index in [1.165, 1.54) is 16.8 Å². The number of anilines is 1. The summed E-state index contributed by atoms with van der Waals surface area (Å²) in [6.07, 6.45) is 0. The first kappa shape index (κ1) is 10.7. The average molecular weight is 282 g/mol. The molecule has 2 aromatic rings. The van der Waals surface area contributed by atoms with E-state index < -0.39 is 0 Å². The van der Waals surface area contributed by atoms with Crippen LogP contribution in [0.1, 0.15) is 11.1 Å². The van der Waals surface area contributed by atoms with Crippen molar-refractivity contribution in [3.05, 3.63) is 50.6 Å². The molecule has 0 aliphatic rings. The Kier molecular flexibility index (Phi) is 3.44. The van der Waals surface area contributed by atoms with Crippen LogP contribution >= 0.6 is 27.3 Å². The van der Waals surface area contributed by atoms with Gasteiger partial charge in [0.25, 0.3) is 0 Å². The Balaban J connectivity index is 2.07. The van der Waals surface area contributed by atoms with Gasteiger partial charge in [-0.05, 0) is 47.0 Å². The molecule has 0 saturated heterocycles. The van der Waals surface area contributed by atoms with Gasteiger partial charge < -0.3 is 5.32 Å². The minimum absolute atomic E-state index is 0.890. The maximum atomic E-state index is 3.48. The molecule has 0 fully saturated rings. The molecule has 0 unspecified atom stereocenters. The van der Waals surface area contributed by atoms with Crippen molar-refractivity contribution >= 4 is 33.0 Å². The van der Waals surface area contributed by atoms with Crippen molar-refractivity contribution in [1.82, 2.24) is 0 Å². The molecule has 0 aliphatic heterocycles. The lowest BCUT2D eigenvalue weighted by Crippen LogP contribution is -1.99. The van der Waals surface area contributed by atoms with Gasteiger partial charge in [-0.25, -0.2) is 0 Å². The van der Waals surface area contributed by atoms with Gasteiger partial charge >= 0.3 is 0 Å². The molecular formula is C12H12BrNS. The molecule has 2 rings (SSSR count). The normalized spacial score (nSPS) is 10.3. The molecule has 0 radical (unpaired) electrons. The first-order valence-electron chi connectivity index (χ1n) is 4.77. The second-order valence-electron chi connectivity index (χ2n) is 3.44. The zero-order chi connectivity index (χ0) is 10.7. The summed E-state index contributed by atoms with van der Waals surface area (Å²) in [5, 5.41) is 7.70. The van der Waals surface area contributed by atoms with Crippen LogP contribution in [0.25, 0.3) is 0 Å². The third-order valence-corrected chi connectivity index (χ3v) is 3.49. The van der Waals surface area contributed by atoms with Crippen molar-refractivity contribution in [3.63, 3.8) is 0 Å². The third kappa shape index (κ3) is 2.83. The molecule has 0 spiro atoms. The van der Waals surface area contributed by atoms with Gasteiger partial charge in [0, 0.05) is 16.7 Å². The summed E-state index contributed by atoms with van der Waals surface area (Å²) in [4.78, 5) is 0. The number of halogens is 1. The fraction of sp³-hybridized carbons (Fsp3) is 0.167. The van der Waals surface area contributed by atoms with Gasteiger partial charge in [-0.15, -0.1) is 0 Å². The standard InChI is InChI=1S/C12H12BrNS/c1-9-2-3-11(13)6-12(9)14-7-10-4-5-15-8-10/h2-6,8,14H,7H2,1H3. The molecule has 1 heterocycles. The molecule has 1 aromatic carbocycles. The first-order valence-corrected chi connectivity index (χ1v) is 6.50. The lowest BCUT2D eigenvalue weighted by Gasteiger charge is -2.08. The molecule has 1 N–H and O–H groups in total. The van der Waals surface area contributed by atoms with Crippen LogP contribution in [0.4, 0.5) is 5.69 Å². The van der Waals surface area contributed by atoms with E-state index in [1.54, 1.807) is 11.3 Å². The summed E-state index contributed by atoms with van der Waals surface area (Å²) < 4.78 is 1.11. The van der Waals surface area contributed by atoms with E-state index in [1.807, 2.05) is 0 Å². The van der Waals surface area contributed by atoms with Gasteiger partial charge in [-0.3, -0.25) is 0 Å². The summed E-state index contributed by atoms with van der Waals surface area (Å²) in [6, 6.07) is 8.43. The average Bonchev–Trinajstić information content (AvgIpc) is 2.72. The van der Waals surface area contributed by atoms with E-state index >= 15 is 0 Å². The Bertz CT molecular complexity index is 437. The van der Waals surface area contributed by atoms with Gasteiger partial charge in [-0.2, -0.15) is 11.3 Å². The molecule has 1 nitrogen and oxygen atoms in total. The maximum Gasteiger partial charge on any atom is 0.0409 e. The zero-order valence-corrected chi connectivity index (χ0v) is 10.9. The fourth-order valence-electron chi connectivity index (χ4n) is 1.38. The third-order valence-electron chi connectivity index (χ3n) is 2.26. The molecule has 78 valence electrons. The molecule has 0 atom stereocenters. The molecule has 0 aliphatic carbocycles. The van der Waals surface area contributed by atoms with E-state index in [4.69, 9.17) is 0 Å². The highest BCUT2D eigenvalue weighted by molar-refractivity contribution is 9.10. The summed E-state index contributed by atoms with van der Waals surface area (Å²) in [5.74, 6) is 0. The van der Waals surface area contributed by atoms with Crippen molar-refractivity contribution in [2.24, 2.45) is 0 Å². The minimum Gasteiger partial charge on any atom is -0.381 e. The number of rotatable bonds is 3. The van der Waals surface area contributed by atoms with Crippen LogP contribution in [0.15, 0.2) is 39.5 Å². The Hall–Kier alpha value is -0.800. The van der Waals surface area contributed by atoms with Gasteiger partial charge in [0.1, 0.15) is 0 Å². The molecule has 15 heavy (non-hydrogen) atoms. The highest BCUT2D eigenvalue weighted by Crippen LogP contribution is 2.21. The highest BCUT2D eigenvalue weighted by atomic mass is 79.9. The Labute approximate surface area is 102 Å². The number of hydrogen-bond donors (Lipinski definition) is 1. The number of thiophene rings is 1. The lowest BCUT2D eigenvalue weighted by atomic mass is 10.2. The number of hydrogen-bond acceptors (Lipinski definition) is 2. The quantitative estimate of drug-likeness (QED) is 0.878. The second-order valence-corrected chi connectivity index (χ2v) is 5.14. The van der Waals surface area contributed by atoms with Crippen LogP contribution in [-0.2, 0) is 6.54 Å². The molecular weight excluding hydrogens is 270 g/mol. The molecule has 1 aromatic heterocycles. The summed E-state index contributed by atoms with van der Waals surface area (Å²) in [7, 11) is 0. The first-order chi connectivity index (χ1) is 7.25. The summed E-state index contributed by atoms with van der Waals surface area (Å²) in [5.41, 5.74) is 3.79. The van der Waals surface area contributed by atoms with Gasteiger partial charge in [0.05, 0.1) is 0 Å². The summed E-state index contributed by atoms with van der Waals surface area (Å²) in [6.45, 7) is 3.00. The largest absolute Gasteiger partial charge is 0.381 e. The van der Waals surface area contributed by atoms with Crippen LogP contribution < -0.4 is 5.32 Å². The van der Waals surface area contributed by atoms with Crippen molar-refractivity contribution in [2.45, 2.75) is 13.5 Å². The molecule has 0 bridgehead atoms.